The predicted octanol–water partition coefficient (Wildman–Crippen LogP) is 3.06. The fraction of sp³-hybridized carbons (Fsp3) is 0.176. The van der Waals surface area contributed by atoms with E-state index in [1.807, 2.05) is 5.38 Å². The van der Waals surface area contributed by atoms with Gasteiger partial charge in [-0.25, -0.2) is 4.98 Å². The molecule has 0 fully saturated rings. The number of amides is 2. The summed E-state index contributed by atoms with van der Waals surface area (Å²) in [5.41, 5.74) is 1.07. The lowest BCUT2D eigenvalue weighted by molar-refractivity contribution is -0.115. The van der Waals surface area contributed by atoms with E-state index in [1.54, 1.807) is 37.3 Å². The predicted molar refractivity (Wildman–Crippen MR) is 105 cm³/mol. The average molecular weight is 388 g/mol. The summed E-state index contributed by atoms with van der Waals surface area (Å²) in [7, 11) is 0. The molecule has 0 saturated heterocycles. The van der Waals surface area contributed by atoms with Gasteiger partial charge in [0.25, 0.3) is 5.56 Å². The van der Waals surface area contributed by atoms with Crippen molar-refractivity contribution in [2.24, 2.45) is 0 Å². The van der Waals surface area contributed by atoms with Crippen LogP contribution in [0.3, 0.4) is 0 Å². The minimum absolute atomic E-state index is 0.156. The fourth-order valence-electron chi connectivity index (χ4n) is 2.21. The first-order valence-electron chi connectivity index (χ1n) is 7.75. The number of hydrogen-bond acceptors (Lipinski definition) is 6. The maximum absolute atomic E-state index is 12.4. The maximum atomic E-state index is 12.4. The van der Waals surface area contributed by atoms with Crippen LogP contribution < -0.4 is 16.2 Å². The van der Waals surface area contributed by atoms with E-state index in [1.165, 1.54) is 30.0 Å². The van der Waals surface area contributed by atoms with Crippen LogP contribution >= 0.6 is 23.1 Å². The van der Waals surface area contributed by atoms with Crippen molar-refractivity contribution in [2.45, 2.75) is 24.3 Å². The zero-order valence-corrected chi connectivity index (χ0v) is 15.7. The van der Waals surface area contributed by atoms with Crippen LogP contribution in [0.4, 0.5) is 11.4 Å². The first-order valence-corrected chi connectivity index (χ1v) is 9.51. The standard InChI is InChI=1S/C17H16N4O3S2/c1-9(26-17-20-15(24)13-7-8-25-16(13)21-17)14(23)19-12-5-3-11(4-6-12)18-10(2)22/h3-9H,1-2H3,(H,18,22)(H,19,23)(H,20,21,24)/t9-/m1/s1. The van der Waals surface area contributed by atoms with Gasteiger partial charge in [-0.1, -0.05) is 11.8 Å². The Balaban J connectivity index is 1.65. The smallest absolute Gasteiger partial charge is 0.260 e. The van der Waals surface area contributed by atoms with Crippen molar-refractivity contribution < 1.29 is 9.59 Å². The number of hydrogen-bond donors (Lipinski definition) is 3. The normalized spacial score (nSPS) is 11.9. The molecule has 0 saturated carbocycles. The topological polar surface area (TPSA) is 104 Å². The van der Waals surface area contributed by atoms with Crippen molar-refractivity contribution >= 4 is 56.5 Å². The van der Waals surface area contributed by atoms with Crippen LogP contribution in [0.25, 0.3) is 10.2 Å². The lowest BCUT2D eigenvalue weighted by Crippen LogP contribution is -2.23. The van der Waals surface area contributed by atoms with Gasteiger partial charge in [0.2, 0.25) is 11.8 Å². The number of fused-ring (bicyclic) bond motifs is 1. The van der Waals surface area contributed by atoms with Crippen LogP contribution in [-0.2, 0) is 9.59 Å². The number of thioether (sulfide) groups is 1. The first-order chi connectivity index (χ1) is 12.4. The number of thiophene rings is 1. The molecule has 0 aliphatic carbocycles. The molecule has 0 bridgehead atoms. The summed E-state index contributed by atoms with van der Waals surface area (Å²) >= 11 is 2.57. The Morgan fingerprint density at radius 2 is 1.81 bits per heavy atom. The zero-order chi connectivity index (χ0) is 18.7. The molecule has 9 heteroatoms. The number of carbonyl (C=O) groups is 2. The van der Waals surface area contributed by atoms with Gasteiger partial charge in [0.1, 0.15) is 4.83 Å². The number of anilines is 2. The summed E-state index contributed by atoms with van der Waals surface area (Å²) in [6, 6.07) is 8.55. The van der Waals surface area contributed by atoms with E-state index in [0.29, 0.717) is 26.7 Å². The van der Waals surface area contributed by atoms with Crippen molar-refractivity contribution in [1.82, 2.24) is 9.97 Å². The first kappa shape index (κ1) is 18.2. The van der Waals surface area contributed by atoms with Gasteiger partial charge in [-0.05, 0) is 42.6 Å². The van der Waals surface area contributed by atoms with Crippen LogP contribution in [0, 0.1) is 0 Å². The van der Waals surface area contributed by atoms with Crippen molar-refractivity contribution in [3.63, 3.8) is 0 Å². The van der Waals surface area contributed by atoms with Gasteiger partial charge in [-0.2, -0.15) is 0 Å². The number of carbonyl (C=O) groups excluding carboxylic acids is 2. The van der Waals surface area contributed by atoms with Gasteiger partial charge in [-0.15, -0.1) is 11.3 Å². The molecule has 0 aliphatic rings. The quantitative estimate of drug-likeness (QED) is 0.460. The van der Waals surface area contributed by atoms with Crippen LogP contribution in [-0.4, -0.2) is 27.0 Å². The summed E-state index contributed by atoms with van der Waals surface area (Å²) in [6.45, 7) is 3.17. The molecule has 3 aromatic rings. The Labute approximate surface area is 157 Å². The Bertz CT molecular complexity index is 1010. The number of aromatic nitrogens is 2. The van der Waals surface area contributed by atoms with Gasteiger partial charge in [-0.3, -0.25) is 14.4 Å². The van der Waals surface area contributed by atoms with Crippen molar-refractivity contribution in [1.29, 1.82) is 0 Å². The van der Waals surface area contributed by atoms with Gasteiger partial charge in [0, 0.05) is 18.3 Å². The molecule has 2 aromatic heterocycles. The molecule has 1 atom stereocenters. The van der Waals surface area contributed by atoms with Crippen molar-refractivity contribution in [3.05, 3.63) is 46.1 Å². The second kappa shape index (κ2) is 7.71. The van der Waals surface area contributed by atoms with Crippen LogP contribution in [0.5, 0.6) is 0 Å². The summed E-state index contributed by atoms with van der Waals surface area (Å²) in [6.07, 6.45) is 0. The highest BCUT2D eigenvalue weighted by Crippen LogP contribution is 2.23. The Hall–Kier alpha value is -2.65. The summed E-state index contributed by atoms with van der Waals surface area (Å²) in [5.74, 6) is -0.368. The summed E-state index contributed by atoms with van der Waals surface area (Å²) in [5, 5.41) is 7.78. The zero-order valence-electron chi connectivity index (χ0n) is 14.0. The van der Waals surface area contributed by atoms with E-state index in [4.69, 9.17) is 0 Å². The molecular weight excluding hydrogens is 372 g/mol. The van der Waals surface area contributed by atoms with Crippen LogP contribution in [0.15, 0.2) is 45.7 Å². The molecule has 7 nitrogen and oxygen atoms in total. The molecule has 26 heavy (non-hydrogen) atoms. The Morgan fingerprint density at radius 3 is 2.46 bits per heavy atom. The molecule has 1 aromatic carbocycles. The van der Waals surface area contributed by atoms with E-state index >= 15 is 0 Å². The second-order valence-electron chi connectivity index (χ2n) is 5.52. The molecule has 134 valence electrons. The van der Waals surface area contributed by atoms with Crippen LogP contribution in [0.2, 0.25) is 0 Å². The molecule has 0 unspecified atom stereocenters. The third-order valence-corrected chi connectivity index (χ3v) is 5.23. The molecule has 2 amide bonds. The van der Waals surface area contributed by atoms with E-state index < -0.39 is 5.25 Å². The molecule has 0 aliphatic heterocycles. The number of nitrogens with one attached hydrogen (secondary N) is 3. The third-order valence-electron chi connectivity index (χ3n) is 3.44. The molecule has 3 N–H and O–H groups in total. The molecule has 2 heterocycles. The number of benzene rings is 1. The van der Waals surface area contributed by atoms with E-state index in [9.17, 15) is 14.4 Å². The van der Waals surface area contributed by atoms with E-state index in [2.05, 4.69) is 20.6 Å². The highest BCUT2D eigenvalue weighted by atomic mass is 32.2. The van der Waals surface area contributed by atoms with Gasteiger partial charge in [0.05, 0.1) is 10.6 Å². The number of aromatic amines is 1. The molecular formula is C17H16N4O3S2. The second-order valence-corrected chi connectivity index (χ2v) is 7.74. The minimum atomic E-state index is -0.453. The van der Waals surface area contributed by atoms with Crippen molar-refractivity contribution in [3.8, 4) is 0 Å². The van der Waals surface area contributed by atoms with Crippen LogP contribution in [0.1, 0.15) is 13.8 Å². The van der Waals surface area contributed by atoms with Gasteiger partial charge >= 0.3 is 0 Å². The lowest BCUT2D eigenvalue weighted by atomic mass is 10.2. The molecule has 0 radical (unpaired) electrons. The summed E-state index contributed by atoms with van der Waals surface area (Å²) in [4.78, 5) is 43.1. The highest BCUT2D eigenvalue weighted by molar-refractivity contribution is 8.00. The van der Waals surface area contributed by atoms with E-state index in [0.717, 1.165) is 0 Å². The Kier molecular flexibility index (Phi) is 5.38. The molecule has 0 spiro atoms. The maximum Gasteiger partial charge on any atom is 0.260 e. The average Bonchev–Trinajstić information content (AvgIpc) is 3.05. The summed E-state index contributed by atoms with van der Waals surface area (Å²) < 4.78 is 0. The monoisotopic (exact) mass is 388 g/mol. The third kappa shape index (κ3) is 4.30. The minimum Gasteiger partial charge on any atom is -0.326 e. The largest absolute Gasteiger partial charge is 0.326 e. The number of nitrogens with zero attached hydrogens (tertiary/aromatic N) is 1. The lowest BCUT2D eigenvalue weighted by Gasteiger charge is -2.12. The van der Waals surface area contributed by atoms with E-state index in [-0.39, 0.29) is 17.4 Å². The Morgan fingerprint density at radius 1 is 1.15 bits per heavy atom. The fourth-order valence-corrected chi connectivity index (χ4v) is 3.83. The van der Waals surface area contributed by atoms with Crippen molar-refractivity contribution in [2.75, 3.05) is 10.6 Å². The molecule has 3 rings (SSSR count). The highest BCUT2D eigenvalue weighted by Gasteiger charge is 2.17. The number of rotatable bonds is 5. The van der Waals surface area contributed by atoms with Gasteiger partial charge < -0.3 is 15.6 Å². The SMILES string of the molecule is CC(=O)Nc1ccc(NC(=O)[C@@H](C)Sc2nc3sccc3c(=O)[nH]2)cc1. The van der Waals surface area contributed by atoms with Gasteiger partial charge in [0.15, 0.2) is 5.16 Å². The number of H-pyrrole nitrogens is 1.